The lowest BCUT2D eigenvalue weighted by Crippen LogP contribution is -2.17. The maximum Gasteiger partial charge on any atom is 0.573 e. The van der Waals surface area contributed by atoms with Gasteiger partial charge in [-0.3, -0.25) is 0 Å². The molecule has 94 valence electrons. The maximum absolute atomic E-state index is 12.0. The van der Waals surface area contributed by atoms with Crippen LogP contribution in [-0.4, -0.2) is 13.5 Å². The summed E-state index contributed by atoms with van der Waals surface area (Å²) in [4.78, 5) is 0. The smallest absolute Gasteiger partial charge is 0.496 e. The Labute approximate surface area is 102 Å². The second kappa shape index (κ2) is 5.31. The number of benzene rings is 1. The van der Waals surface area contributed by atoms with E-state index in [4.69, 9.17) is 16.3 Å². The summed E-state index contributed by atoms with van der Waals surface area (Å²) in [6.07, 6.45) is -3.07. The Hall–Kier alpha value is -1.36. The van der Waals surface area contributed by atoms with E-state index in [2.05, 4.69) is 4.74 Å². The first-order valence-electron chi connectivity index (χ1n) is 4.63. The fraction of sp³-hybridized carbons (Fsp3) is 0.273. The van der Waals surface area contributed by atoms with Crippen LogP contribution in [0.4, 0.5) is 13.2 Å². The molecule has 6 heteroatoms. The third kappa shape index (κ3) is 3.85. The van der Waals surface area contributed by atoms with Crippen LogP contribution in [0.3, 0.4) is 0 Å². The second-order valence-corrected chi connectivity index (χ2v) is 3.45. The van der Waals surface area contributed by atoms with Gasteiger partial charge in [0.05, 0.1) is 12.1 Å². The molecule has 0 saturated heterocycles. The van der Waals surface area contributed by atoms with E-state index < -0.39 is 6.36 Å². The molecule has 0 spiro atoms. The minimum atomic E-state index is -4.73. The van der Waals surface area contributed by atoms with E-state index in [1.54, 1.807) is 13.0 Å². The Kier molecular flexibility index (Phi) is 4.28. The molecule has 1 rings (SSSR count). The van der Waals surface area contributed by atoms with E-state index in [9.17, 15) is 13.2 Å². The molecule has 0 saturated carbocycles. The van der Waals surface area contributed by atoms with Crippen molar-refractivity contribution in [3.63, 3.8) is 0 Å². The fourth-order valence-corrected chi connectivity index (χ4v) is 1.54. The molecule has 0 radical (unpaired) electrons. The summed E-state index contributed by atoms with van der Waals surface area (Å²) in [6, 6.07) is 3.67. The van der Waals surface area contributed by atoms with Crippen molar-refractivity contribution in [1.82, 2.24) is 0 Å². The molecule has 17 heavy (non-hydrogen) atoms. The van der Waals surface area contributed by atoms with Crippen LogP contribution in [0.2, 0.25) is 5.02 Å². The Bertz CT molecular complexity index is 427. The Morgan fingerprint density at radius 3 is 2.41 bits per heavy atom. The second-order valence-electron chi connectivity index (χ2n) is 3.05. The number of ether oxygens (including phenoxy) is 2. The van der Waals surface area contributed by atoms with Crippen molar-refractivity contribution >= 4 is 17.4 Å². The number of hydrogen-bond donors (Lipinski definition) is 0. The molecule has 0 aromatic heterocycles. The molecule has 0 aliphatic heterocycles. The van der Waals surface area contributed by atoms with Crippen LogP contribution in [0.1, 0.15) is 12.5 Å². The third-order valence-corrected chi connectivity index (χ3v) is 2.23. The molecule has 0 unspecified atom stereocenters. The van der Waals surface area contributed by atoms with E-state index in [0.717, 1.165) is 6.07 Å². The van der Waals surface area contributed by atoms with Gasteiger partial charge in [-0.15, -0.1) is 13.2 Å². The van der Waals surface area contributed by atoms with Gasteiger partial charge in [-0.25, -0.2) is 0 Å². The quantitative estimate of drug-likeness (QED) is 0.762. The molecule has 0 N–H and O–H groups in total. The summed E-state index contributed by atoms with van der Waals surface area (Å²) in [7, 11) is 1.45. The lowest BCUT2D eigenvalue weighted by Gasteiger charge is -2.12. The van der Waals surface area contributed by atoms with E-state index in [-0.39, 0.29) is 10.8 Å². The molecule has 2 nitrogen and oxygen atoms in total. The first kappa shape index (κ1) is 13.7. The Morgan fingerprint density at radius 2 is 2.00 bits per heavy atom. The predicted octanol–water partition coefficient (Wildman–Crippen LogP) is 4.25. The lowest BCUT2D eigenvalue weighted by molar-refractivity contribution is -0.274. The van der Waals surface area contributed by atoms with Gasteiger partial charge >= 0.3 is 6.36 Å². The van der Waals surface area contributed by atoms with Gasteiger partial charge in [-0.2, -0.15) is 0 Å². The zero-order chi connectivity index (χ0) is 13.1. The van der Waals surface area contributed by atoms with Gasteiger partial charge in [0.25, 0.3) is 0 Å². The number of allylic oxidation sites excluding steroid dienone is 1. The number of rotatable bonds is 3. The summed E-state index contributed by atoms with van der Waals surface area (Å²) >= 11 is 5.84. The molecular weight excluding hydrogens is 257 g/mol. The van der Waals surface area contributed by atoms with Crippen LogP contribution in [0.15, 0.2) is 24.3 Å². The average Bonchev–Trinajstić information content (AvgIpc) is 2.20. The average molecular weight is 267 g/mol. The van der Waals surface area contributed by atoms with Gasteiger partial charge in [-0.05, 0) is 31.2 Å². The summed E-state index contributed by atoms with van der Waals surface area (Å²) in [5.74, 6) is 0.117. The number of halogens is 4. The maximum atomic E-state index is 12.0. The molecule has 0 bridgehead atoms. The topological polar surface area (TPSA) is 18.5 Å². The lowest BCUT2D eigenvalue weighted by atomic mass is 10.1. The van der Waals surface area contributed by atoms with Crippen LogP contribution >= 0.6 is 11.6 Å². The van der Waals surface area contributed by atoms with E-state index >= 15 is 0 Å². The minimum absolute atomic E-state index is 0.127. The summed E-state index contributed by atoms with van der Waals surface area (Å²) in [5, 5.41) is 0.127. The predicted molar refractivity (Wildman–Crippen MR) is 58.8 cm³/mol. The molecule has 0 aliphatic carbocycles. The molecule has 1 aromatic carbocycles. The number of methoxy groups -OCH3 is 1. The molecule has 0 atom stereocenters. The van der Waals surface area contributed by atoms with Crippen molar-refractivity contribution in [2.45, 2.75) is 13.3 Å². The van der Waals surface area contributed by atoms with Gasteiger partial charge in [0.1, 0.15) is 11.5 Å². The van der Waals surface area contributed by atoms with Gasteiger partial charge in [0.2, 0.25) is 0 Å². The zero-order valence-electron chi connectivity index (χ0n) is 9.14. The highest BCUT2D eigenvalue weighted by molar-refractivity contribution is 6.32. The van der Waals surface area contributed by atoms with Gasteiger partial charge < -0.3 is 9.47 Å². The van der Waals surface area contributed by atoms with Crippen LogP contribution in [0, 0.1) is 0 Å². The van der Waals surface area contributed by atoms with Gasteiger partial charge in [-0.1, -0.05) is 11.6 Å². The SMILES string of the molecule is CC=C(OC)c1ccc(OC(F)(F)F)cc1Cl. The molecule has 0 heterocycles. The van der Waals surface area contributed by atoms with E-state index in [1.165, 1.54) is 19.2 Å². The molecule has 0 amide bonds. The highest BCUT2D eigenvalue weighted by Gasteiger charge is 2.31. The van der Waals surface area contributed by atoms with Crippen LogP contribution in [-0.2, 0) is 4.74 Å². The van der Waals surface area contributed by atoms with Crippen molar-refractivity contribution in [3.8, 4) is 5.75 Å². The van der Waals surface area contributed by atoms with Crippen molar-refractivity contribution in [3.05, 3.63) is 34.9 Å². The summed E-state index contributed by atoms with van der Waals surface area (Å²) < 4.78 is 44.6. The Morgan fingerprint density at radius 1 is 1.35 bits per heavy atom. The van der Waals surface area contributed by atoms with Crippen LogP contribution in [0.5, 0.6) is 5.75 Å². The summed E-state index contributed by atoms with van der Waals surface area (Å²) in [6.45, 7) is 1.73. The highest BCUT2D eigenvalue weighted by Crippen LogP contribution is 2.31. The first-order valence-corrected chi connectivity index (χ1v) is 5.01. The monoisotopic (exact) mass is 266 g/mol. The number of alkyl halides is 3. The minimum Gasteiger partial charge on any atom is -0.496 e. The third-order valence-electron chi connectivity index (χ3n) is 1.92. The molecule has 1 aromatic rings. The standard InChI is InChI=1S/C11H10ClF3O2/c1-3-10(16-2)8-5-4-7(6-9(8)12)17-11(13,14)15/h3-6H,1-2H3. The van der Waals surface area contributed by atoms with Crippen molar-refractivity contribution in [2.75, 3.05) is 7.11 Å². The van der Waals surface area contributed by atoms with E-state index in [0.29, 0.717) is 11.3 Å². The van der Waals surface area contributed by atoms with Crippen molar-refractivity contribution in [1.29, 1.82) is 0 Å². The van der Waals surface area contributed by atoms with Crippen molar-refractivity contribution < 1.29 is 22.6 Å². The fourth-order valence-electron chi connectivity index (χ4n) is 1.28. The molecular formula is C11H10ClF3O2. The summed E-state index contributed by atoms with van der Waals surface area (Å²) in [5.41, 5.74) is 0.506. The zero-order valence-corrected chi connectivity index (χ0v) is 9.89. The number of hydrogen-bond acceptors (Lipinski definition) is 2. The Balaban J connectivity index is 3.02. The highest BCUT2D eigenvalue weighted by atomic mass is 35.5. The van der Waals surface area contributed by atoms with Crippen LogP contribution in [0.25, 0.3) is 5.76 Å². The van der Waals surface area contributed by atoms with E-state index in [1.807, 2.05) is 0 Å². The largest absolute Gasteiger partial charge is 0.573 e. The van der Waals surface area contributed by atoms with Gasteiger partial charge in [0, 0.05) is 5.56 Å². The van der Waals surface area contributed by atoms with Gasteiger partial charge in [0.15, 0.2) is 0 Å². The molecule has 0 fully saturated rings. The normalized spacial score (nSPS) is 12.5. The van der Waals surface area contributed by atoms with Crippen molar-refractivity contribution in [2.24, 2.45) is 0 Å². The molecule has 0 aliphatic rings. The first-order chi connectivity index (χ1) is 7.87. The van der Waals surface area contributed by atoms with Crippen LogP contribution < -0.4 is 4.74 Å².